The van der Waals surface area contributed by atoms with E-state index in [-0.39, 0.29) is 0 Å². The zero-order valence-corrected chi connectivity index (χ0v) is 14.7. The summed E-state index contributed by atoms with van der Waals surface area (Å²) in [7, 11) is 0. The molecule has 0 unspecified atom stereocenters. The summed E-state index contributed by atoms with van der Waals surface area (Å²) >= 11 is 6.09. The van der Waals surface area contributed by atoms with Crippen molar-refractivity contribution in [1.29, 1.82) is 0 Å². The highest BCUT2D eigenvalue weighted by atomic mass is 35.5. The Hall–Kier alpha value is -2.13. The van der Waals surface area contributed by atoms with Crippen molar-refractivity contribution in [2.24, 2.45) is 0 Å². The van der Waals surface area contributed by atoms with Gasteiger partial charge in [0.15, 0.2) is 5.65 Å². The highest BCUT2D eigenvalue weighted by molar-refractivity contribution is 6.30. The molecule has 1 aromatic carbocycles. The number of hydrogen-bond acceptors (Lipinski definition) is 3. The maximum Gasteiger partial charge on any atom is 0.162 e. The van der Waals surface area contributed by atoms with E-state index in [0.717, 1.165) is 51.4 Å². The normalized spacial score (nSPS) is 14.0. The van der Waals surface area contributed by atoms with E-state index in [4.69, 9.17) is 27.3 Å². The number of anilines is 1. The van der Waals surface area contributed by atoms with E-state index >= 15 is 0 Å². The molecule has 3 nitrogen and oxygen atoms in total. The number of nitrogen functional groups attached to an aromatic ring is 1. The molecule has 0 fully saturated rings. The van der Waals surface area contributed by atoms with Crippen molar-refractivity contribution in [3.63, 3.8) is 0 Å². The third kappa shape index (κ3) is 2.35. The lowest BCUT2D eigenvalue weighted by Crippen LogP contribution is -2.10. The van der Waals surface area contributed by atoms with Gasteiger partial charge in [0.25, 0.3) is 0 Å². The molecule has 0 radical (unpaired) electrons. The quantitative estimate of drug-likeness (QED) is 0.677. The first-order valence-electron chi connectivity index (χ1n) is 8.40. The molecule has 122 valence electrons. The molecule has 2 N–H and O–H groups in total. The molecule has 4 heteroatoms. The fourth-order valence-electron chi connectivity index (χ4n) is 3.62. The Balaban J connectivity index is 2.15. The summed E-state index contributed by atoms with van der Waals surface area (Å²) in [4.78, 5) is 9.60. The summed E-state index contributed by atoms with van der Waals surface area (Å²) in [6, 6.07) is 8.01. The first-order valence-corrected chi connectivity index (χ1v) is 8.78. The van der Waals surface area contributed by atoms with E-state index in [9.17, 15) is 0 Å². The third-order valence-corrected chi connectivity index (χ3v) is 5.33. The second-order valence-electron chi connectivity index (χ2n) is 6.56. The smallest absolute Gasteiger partial charge is 0.162 e. The molecule has 2 heterocycles. The largest absolute Gasteiger partial charge is 0.398 e. The molecule has 0 spiro atoms. The minimum atomic E-state index is 0.740. The summed E-state index contributed by atoms with van der Waals surface area (Å²) in [5, 5.41) is 1.73. The molecule has 1 aliphatic rings. The number of rotatable bonds is 1. The van der Waals surface area contributed by atoms with Gasteiger partial charge in [-0.05, 0) is 73.9 Å². The fourth-order valence-corrected chi connectivity index (χ4v) is 3.75. The van der Waals surface area contributed by atoms with Crippen molar-refractivity contribution in [2.75, 3.05) is 5.73 Å². The summed E-state index contributed by atoms with van der Waals surface area (Å²) in [6.07, 6.45) is 4.44. The Morgan fingerprint density at radius 1 is 1.00 bits per heavy atom. The van der Waals surface area contributed by atoms with Crippen LogP contribution in [0.3, 0.4) is 0 Å². The van der Waals surface area contributed by atoms with Gasteiger partial charge in [-0.3, -0.25) is 0 Å². The average molecular weight is 338 g/mol. The van der Waals surface area contributed by atoms with Crippen molar-refractivity contribution in [1.82, 2.24) is 9.97 Å². The van der Waals surface area contributed by atoms with Crippen LogP contribution in [0, 0.1) is 13.8 Å². The Bertz CT molecular complexity index is 946. The van der Waals surface area contributed by atoms with Gasteiger partial charge >= 0.3 is 0 Å². The second kappa shape index (κ2) is 5.75. The summed E-state index contributed by atoms with van der Waals surface area (Å²) in [5.41, 5.74) is 14.9. The van der Waals surface area contributed by atoms with E-state index in [1.54, 1.807) is 0 Å². The number of aryl methyl sites for hydroxylation is 2. The molecule has 1 aliphatic carbocycles. The van der Waals surface area contributed by atoms with Gasteiger partial charge in [0.1, 0.15) is 0 Å². The van der Waals surface area contributed by atoms with E-state index in [1.807, 2.05) is 26.0 Å². The SMILES string of the molecule is Cc1nc2nc3c(c(-c4ccc(Cl)cc4)c2c(N)c1C)CCCC3. The van der Waals surface area contributed by atoms with Gasteiger partial charge < -0.3 is 5.73 Å². The number of nitrogens with two attached hydrogens (primary N) is 1. The summed E-state index contributed by atoms with van der Waals surface area (Å²) in [5.74, 6) is 0. The predicted octanol–water partition coefficient (Wildman–Crippen LogP) is 5.03. The monoisotopic (exact) mass is 337 g/mol. The van der Waals surface area contributed by atoms with Crippen LogP contribution in [-0.2, 0) is 12.8 Å². The van der Waals surface area contributed by atoms with Gasteiger partial charge in [0.2, 0.25) is 0 Å². The molecular formula is C20H20ClN3. The molecule has 3 aromatic rings. The van der Waals surface area contributed by atoms with Crippen LogP contribution in [-0.4, -0.2) is 9.97 Å². The lowest BCUT2D eigenvalue weighted by atomic mass is 9.86. The Morgan fingerprint density at radius 2 is 1.71 bits per heavy atom. The van der Waals surface area contributed by atoms with Gasteiger partial charge in [0, 0.05) is 22.1 Å². The Morgan fingerprint density at radius 3 is 2.46 bits per heavy atom. The van der Waals surface area contributed by atoms with Crippen LogP contribution in [0.5, 0.6) is 0 Å². The number of fused-ring (bicyclic) bond motifs is 2. The average Bonchev–Trinajstić information content (AvgIpc) is 2.59. The molecule has 0 atom stereocenters. The summed E-state index contributed by atoms with van der Waals surface area (Å²) < 4.78 is 0. The first-order chi connectivity index (χ1) is 11.6. The topological polar surface area (TPSA) is 51.8 Å². The maximum absolute atomic E-state index is 6.51. The molecule has 2 aromatic heterocycles. The number of nitrogens with zero attached hydrogens (tertiary/aromatic N) is 2. The second-order valence-corrected chi connectivity index (χ2v) is 7.00. The van der Waals surface area contributed by atoms with Gasteiger partial charge in [0.05, 0.1) is 5.39 Å². The standard InChI is InChI=1S/C20H20ClN3/c1-11-12(2)23-20-18(19(11)22)17(13-7-9-14(21)10-8-13)15-5-3-4-6-16(15)24-20/h7-10H,3-6H2,1-2H3,(H2,22,23,24). The molecule has 0 aliphatic heterocycles. The highest BCUT2D eigenvalue weighted by Gasteiger charge is 2.22. The van der Waals surface area contributed by atoms with Crippen molar-refractivity contribution < 1.29 is 0 Å². The van der Waals surface area contributed by atoms with E-state index in [0.29, 0.717) is 0 Å². The Kier molecular flexibility index (Phi) is 3.69. The van der Waals surface area contributed by atoms with Crippen LogP contribution in [0.15, 0.2) is 24.3 Å². The molecule has 0 bridgehead atoms. The van der Waals surface area contributed by atoms with Crippen LogP contribution in [0.1, 0.15) is 35.4 Å². The molecule has 0 amide bonds. The molecule has 24 heavy (non-hydrogen) atoms. The minimum Gasteiger partial charge on any atom is -0.398 e. The van der Waals surface area contributed by atoms with Crippen LogP contribution in [0.4, 0.5) is 5.69 Å². The van der Waals surface area contributed by atoms with Gasteiger partial charge in [-0.15, -0.1) is 0 Å². The maximum atomic E-state index is 6.51. The lowest BCUT2D eigenvalue weighted by molar-refractivity contribution is 0.672. The van der Waals surface area contributed by atoms with Crippen LogP contribution < -0.4 is 5.73 Å². The van der Waals surface area contributed by atoms with E-state index < -0.39 is 0 Å². The predicted molar refractivity (Wildman–Crippen MR) is 101 cm³/mol. The van der Waals surface area contributed by atoms with E-state index in [1.165, 1.54) is 29.7 Å². The zero-order chi connectivity index (χ0) is 16.8. The number of benzene rings is 1. The van der Waals surface area contributed by atoms with Crippen LogP contribution in [0.25, 0.3) is 22.2 Å². The molecular weight excluding hydrogens is 318 g/mol. The number of halogens is 1. The van der Waals surface area contributed by atoms with Gasteiger partial charge in [-0.1, -0.05) is 23.7 Å². The van der Waals surface area contributed by atoms with Crippen molar-refractivity contribution in [3.05, 3.63) is 51.8 Å². The summed E-state index contributed by atoms with van der Waals surface area (Å²) in [6.45, 7) is 4.02. The van der Waals surface area contributed by atoms with Crippen LogP contribution >= 0.6 is 11.6 Å². The molecule has 4 rings (SSSR count). The molecule has 0 saturated heterocycles. The third-order valence-electron chi connectivity index (χ3n) is 5.08. The van der Waals surface area contributed by atoms with Crippen molar-refractivity contribution >= 4 is 28.3 Å². The van der Waals surface area contributed by atoms with Crippen molar-refractivity contribution in [2.45, 2.75) is 39.5 Å². The van der Waals surface area contributed by atoms with E-state index in [2.05, 4.69) is 12.1 Å². The zero-order valence-electron chi connectivity index (χ0n) is 14.0. The first kappa shape index (κ1) is 15.4. The number of hydrogen-bond donors (Lipinski definition) is 1. The number of aromatic nitrogens is 2. The van der Waals surface area contributed by atoms with Crippen molar-refractivity contribution in [3.8, 4) is 11.1 Å². The van der Waals surface area contributed by atoms with Gasteiger partial charge in [-0.2, -0.15) is 0 Å². The molecule has 0 saturated carbocycles. The minimum absolute atomic E-state index is 0.740. The highest BCUT2D eigenvalue weighted by Crippen LogP contribution is 2.40. The van der Waals surface area contributed by atoms with Gasteiger partial charge in [-0.25, -0.2) is 9.97 Å². The van der Waals surface area contributed by atoms with Crippen LogP contribution in [0.2, 0.25) is 5.02 Å². The number of pyridine rings is 2. The fraction of sp³-hybridized carbons (Fsp3) is 0.300. The lowest BCUT2D eigenvalue weighted by Gasteiger charge is -2.22. The Labute approximate surface area is 146 Å².